The molecule has 3 aliphatic rings. The zero-order valence-corrected chi connectivity index (χ0v) is 16.3. The number of rotatable bonds is 3. The van der Waals surface area contributed by atoms with Gasteiger partial charge in [0.05, 0.1) is 24.9 Å². The van der Waals surface area contributed by atoms with Crippen LogP contribution in [0, 0.1) is 11.3 Å². The Hall–Kier alpha value is -3.01. The van der Waals surface area contributed by atoms with E-state index in [0.717, 1.165) is 67.5 Å². The van der Waals surface area contributed by atoms with Crippen LogP contribution in [0.15, 0.2) is 64.9 Å². The average Bonchev–Trinajstić information content (AvgIpc) is 3.14. The monoisotopic (exact) mass is 385 g/mol. The molecule has 5 rings (SSSR count). The molecule has 1 aliphatic carbocycles. The van der Waals surface area contributed by atoms with E-state index in [-0.39, 0.29) is 0 Å². The van der Waals surface area contributed by atoms with Crippen molar-refractivity contribution < 1.29 is 4.74 Å². The van der Waals surface area contributed by atoms with E-state index in [0.29, 0.717) is 6.54 Å². The third-order valence-electron chi connectivity index (χ3n) is 6.01. The molecule has 0 bridgehead atoms. The highest BCUT2D eigenvalue weighted by molar-refractivity contribution is 6.00. The first-order valence-corrected chi connectivity index (χ1v) is 10.1. The van der Waals surface area contributed by atoms with Crippen LogP contribution in [0.3, 0.4) is 0 Å². The van der Waals surface area contributed by atoms with Crippen LogP contribution in [0.2, 0.25) is 0 Å². The molecule has 1 aromatic heterocycles. The lowest BCUT2D eigenvalue weighted by Crippen LogP contribution is -2.45. The van der Waals surface area contributed by atoms with Gasteiger partial charge in [0.25, 0.3) is 0 Å². The number of amidine groups is 1. The van der Waals surface area contributed by atoms with Crippen molar-refractivity contribution in [3.63, 3.8) is 0 Å². The van der Waals surface area contributed by atoms with Crippen LogP contribution in [0.4, 0.5) is 0 Å². The van der Waals surface area contributed by atoms with E-state index in [9.17, 15) is 5.26 Å². The molecule has 1 atom stereocenters. The summed E-state index contributed by atoms with van der Waals surface area (Å²) in [6, 6.07) is 16.7. The first kappa shape index (κ1) is 18.0. The third-order valence-corrected chi connectivity index (χ3v) is 6.01. The summed E-state index contributed by atoms with van der Waals surface area (Å²) in [5, 5.41) is 13.7. The Balaban J connectivity index is 1.63. The number of hydrogen-bond donors (Lipinski definition) is 1. The SMILES string of the molecule is N#CC1=C(CN2CCOCC2)NC(c2ccccn2)=NC12CCc1ccccc12. The highest BCUT2D eigenvalue weighted by atomic mass is 16.5. The average molecular weight is 385 g/mol. The van der Waals surface area contributed by atoms with Gasteiger partial charge in [0.2, 0.25) is 0 Å². The number of nitriles is 1. The quantitative estimate of drug-likeness (QED) is 0.878. The second kappa shape index (κ2) is 7.43. The van der Waals surface area contributed by atoms with Gasteiger partial charge in [-0.3, -0.25) is 9.88 Å². The molecule has 2 aliphatic heterocycles. The molecule has 1 unspecified atom stereocenters. The fourth-order valence-electron chi connectivity index (χ4n) is 4.58. The number of nitrogens with zero attached hydrogens (tertiary/aromatic N) is 4. The molecule has 0 amide bonds. The smallest absolute Gasteiger partial charge is 0.152 e. The minimum absolute atomic E-state index is 0.634. The number of pyridine rings is 1. The van der Waals surface area contributed by atoms with Gasteiger partial charge in [-0.2, -0.15) is 5.26 Å². The van der Waals surface area contributed by atoms with Gasteiger partial charge in [-0.1, -0.05) is 30.3 Å². The summed E-state index contributed by atoms with van der Waals surface area (Å²) >= 11 is 0. The van der Waals surface area contributed by atoms with Crippen LogP contribution in [0.5, 0.6) is 0 Å². The van der Waals surface area contributed by atoms with Crippen LogP contribution < -0.4 is 5.32 Å². The van der Waals surface area contributed by atoms with Gasteiger partial charge in [-0.25, -0.2) is 4.99 Å². The Morgan fingerprint density at radius 1 is 1.14 bits per heavy atom. The van der Waals surface area contributed by atoms with Crippen molar-refractivity contribution in [2.75, 3.05) is 32.8 Å². The van der Waals surface area contributed by atoms with Crippen LogP contribution in [0.25, 0.3) is 0 Å². The minimum atomic E-state index is -0.634. The Labute approximate surface area is 170 Å². The summed E-state index contributed by atoms with van der Waals surface area (Å²) in [6.07, 6.45) is 3.50. The summed E-state index contributed by atoms with van der Waals surface area (Å²) in [6.45, 7) is 3.86. The number of ether oxygens (including phenoxy) is 1. The molecule has 146 valence electrons. The molecule has 1 fully saturated rings. The van der Waals surface area contributed by atoms with Crippen molar-refractivity contribution in [1.29, 1.82) is 5.26 Å². The largest absolute Gasteiger partial charge is 0.379 e. The van der Waals surface area contributed by atoms with Crippen molar-refractivity contribution in [2.45, 2.75) is 18.4 Å². The summed E-state index contributed by atoms with van der Waals surface area (Å²) in [5.74, 6) is 0.740. The van der Waals surface area contributed by atoms with E-state index in [1.165, 1.54) is 5.56 Å². The van der Waals surface area contributed by atoms with E-state index in [2.05, 4.69) is 39.5 Å². The van der Waals surface area contributed by atoms with E-state index in [4.69, 9.17) is 9.73 Å². The first-order valence-electron chi connectivity index (χ1n) is 10.1. The molecule has 2 aromatic rings. The van der Waals surface area contributed by atoms with Gasteiger partial charge in [-0.15, -0.1) is 0 Å². The summed E-state index contributed by atoms with van der Waals surface area (Å²) in [4.78, 5) is 12.0. The second-order valence-corrected chi connectivity index (χ2v) is 7.67. The van der Waals surface area contributed by atoms with Crippen molar-refractivity contribution in [2.24, 2.45) is 4.99 Å². The molecule has 1 spiro atoms. The van der Waals surface area contributed by atoms with Crippen molar-refractivity contribution in [3.05, 3.63) is 76.8 Å². The van der Waals surface area contributed by atoms with E-state index < -0.39 is 5.54 Å². The molecule has 29 heavy (non-hydrogen) atoms. The Kier molecular flexibility index (Phi) is 4.62. The van der Waals surface area contributed by atoms with Crippen molar-refractivity contribution in [1.82, 2.24) is 15.2 Å². The lowest BCUT2D eigenvalue weighted by atomic mass is 9.82. The highest BCUT2D eigenvalue weighted by Gasteiger charge is 2.46. The molecule has 3 heterocycles. The molecule has 6 heteroatoms. The van der Waals surface area contributed by atoms with Gasteiger partial charge >= 0.3 is 0 Å². The fraction of sp³-hybridized carbons (Fsp3) is 0.348. The normalized spacial score (nSPS) is 24.0. The van der Waals surface area contributed by atoms with E-state index in [1.807, 2.05) is 24.3 Å². The summed E-state index contributed by atoms with van der Waals surface area (Å²) in [7, 11) is 0. The maximum Gasteiger partial charge on any atom is 0.152 e. The molecule has 1 N–H and O–H groups in total. The zero-order valence-electron chi connectivity index (χ0n) is 16.3. The van der Waals surface area contributed by atoms with Gasteiger partial charge in [-0.05, 0) is 36.1 Å². The van der Waals surface area contributed by atoms with Gasteiger partial charge < -0.3 is 10.1 Å². The molecule has 6 nitrogen and oxygen atoms in total. The lowest BCUT2D eigenvalue weighted by Gasteiger charge is -2.36. The summed E-state index contributed by atoms with van der Waals surface area (Å²) in [5.41, 5.74) is 4.25. The Morgan fingerprint density at radius 3 is 2.76 bits per heavy atom. The molecule has 0 saturated carbocycles. The number of nitrogens with one attached hydrogen (secondary N) is 1. The van der Waals surface area contributed by atoms with Crippen molar-refractivity contribution in [3.8, 4) is 6.07 Å². The Bertz CT molecular complexity index is 1020. The fourth-order valence-corrected chi connectivity index (χ4v) is 4.58. The van der Waals surface area contributed by atoms with Crippen LogP contribution in [-0.2, 0) is 16.7 Å². The predicted octanol–water partition coefficient (Wildman–Crippen LogP) is 2.38. The molecule has 1 aromatic carbocycles. The maximum atomic E-state index is 10.2. The topological polar surface area (TPSA) is 73.5 Å². The number of fused-ring (bicyclic) bond motifs is 2. The second-order valence-electron chi connectivity index (χ2n) is 7.67. The third kappa shape index (κ3) is 3.13. The minimum Gasteiger partial charge on any atom is -0.379 e. The predicted molar refractivity (Wildman–Crippen MR) is 110 cm³/mol. The summed E-state index contributed by atoms with van der Waals surface area (Å²) < 4.78 is 5.50. The van der Waals surface area contributed by atoms with Gasteiger partial charge in [0.1, 0.15) is 11.2 Å². The molecule has 0 radical (unpaired) electrons. The highest BCUT2D eigenvalue weighted by Crippen LogP contribution is 2.47. The van der Waals surface area contributed by atoms with Crippen LogP contribution >= 0.6 is 0 Å². The number of morpholine rings is 1. The number of aryl methyl sites for hydroxylation is 1. The van der Waals surface area contributed by atoms with Crippen LogP contribution in [-0.4, -0.2) is 48.6 Å². The van der Waals surface area contributed by atoms with Crippen molar-refractivity contribution >= 4 is 5.84 Å². The number of benzene rings is 1. The number of aromatic nitrogens is 1. The Morgan fingerprint density at radius 2 is 1.97 bits per heavy atom. The van der Waals surface area contributed by atoms with E-state index in [1.54, 1.807) is 6.20 Å². The van der Waals surface area contributed by atoms with Gasteiger partial charge in [0.15, 0.2) is 5.84 Å². The van der Waals surface area contributed by atoms with Gasteiger partial charge in [0, 0.05) is 31.5 Å². The number of aliphatic imine (C=N–C) groups is 1. The standard InChI is InChI=1S/C23H23N5O/c24-15-19-21(16-28-11-13-29-14-12-28)26-22(20-7-3-4-10-25-20)27-23(19)9-8-17-5-1-2-6-18(17)23/h1-7,10H,8-9,11-14,16H2,(H,26,27). The lowest BCUT2D eigenvalue weighted by molar-refractivity contribution is 0.0416. The number of hydrogen-bond acceptors (Lipinski definition) is 6. The maximum absolute atomic E-state index is 10.2. The molecule has 1 saturated heterocycles. The van der Waals surface area contributed by atoms with Crippen LogP contribution in [0.1, 0.15) is 23.2 Å². The molecular formula is C23H23N5O. The molecular weight excluding hydrogens is 362 g/mol. The van der Waals surface area contributed by atoms with E-state index >= 15 is 0 Å². The first-order chi connectivity index (χ1) is 14.3. The zero-order chi connectivity index (χ0) is 19.7.